The summed E-state index contributed by atoms with van der Waals surface area (Å²) in [5.41, 5.74) is 5.79. The van der Waals surface area contributed by atoms with Crippen LogP contribution in [0.25, 0.3) is 22.6 Å². The van der Waals surface area contributed by atoms with Gasteiger partial charge in [-0.05, 0) is 61.0 Å². The first-order valence-corrected chi connectivity index (χ1v) is 8.89. The van der Waals surface area contributed by atoms with Crippen LogP contribution in [-0.4, -0.2) is 28.7 Å². The predicted molar refractivity (Wildman–Crippen MR) is 101 cm³/mol. The number of hydrogen-bond donors (Lipinski definition) is 0. The summed E-state index contributed by atoms with van der Waals surface area (Å²) >= 11 is 0. The molecular weight excluding hydrogens is 322 g/mol. The minimum atomic E-state index is 0.106. The van der Waals surface area contributed by atoms with Crippen LogP contribution in [0.3, 0.4) is 0 Å². The first-order chi connectivity index (χ1) is 12.8. The largest absolute Gasteiger partial charge is 0.459 e. The van der Waals surface area contributed by atoms with Crippen molar-refractivity contribution in [2.45, 2.75) is 12.5 Å². The Hall–Kier alpha value is -2.98. The molecule has 1 aliphatic carbocycles. The smallest absolute Gasteiger partial charge is 0.134 e. The molecule has 2 aliphatic heterocycles. The van der Waals surface area contributed by atoms with Crippen molar-refractivity contribution in [1.82, 2.24) is 15.1 Å². The lowest BCUT2D eigenvalue weighted by Gasteiger charge is -2.34. The molecule has 0 saturated carbocycles. The molecule has 0 radical (unpaired) electrons. The molecule has 4 nitrogen and oxygen atoms in total. The Morgan fingerprint density at radius 1 is 1.00 bits per heavy atom. The molecular formula is C22H19N3O. The summed E-state index contributed by atoms with van der Waals surface area (Å²) < 4.78 is 6.24. The molecule has 1 unspecified atom stereocenters. The molecule has 3 heterocycles. The lowest BCUT2D eigenvalue weighted by molar-refractivity contribution is 0.234. The van der Waals surface area contributed by atoms with Gasteiger partial charge in [-0.1, -0.05) is 24.3 Å². The zero-order valence-corrected chi connectivity index (χ0v) is 14.6. The second-order valence-corrected chi connectivity index (χ2v) is 6.84. The van der Waals surface area contributed by atoms with E-state index in [4.69, 9.17) is 4.42 Å². The van der Waals surface area contributed by atoms with Gasteiger partial charge in [-0.3, -0.25) is 4.90 Å². The average molecular weight is 341 g/mol. The topological polar surface area (TPSA) is 42.2 Å². The van der Waals surface area contributed by atoms with Crippen LogP contribution in [0.4, 0.5) is 0 Å². The van der Waals surface area contributed by atoms with E-state index in [1.54, 1.807) is 6.20 Å². The summed E-state index contributed by atoms with van der Waals surface area (Å²) in [6.07, 6.45) is 2.74. The van der Waals surface area contributed by atoms with E-state index in [9.17, 15) is 0 Å². The third-order valence-electron chi connectivity index (χ3n) is 5.22. The number of likely N-dealkylation sites (N-methyl/N-ethyl adjacent to an activating group) is 1. The Bertz CT molecular complexity index is 1020. The van der Waals surface area contributed by atoms with E-state index in [1.165, 1.54) is 11.1 Å². The van der Waals surface area contributed by atoms with E-state index < -0.39 is 0 Å². The van der Waals surface area contributed by atoms with Crippen LogP contribution in [0, 0.1) is 0 Å². The van der Waals surface area contributed by atoms with Crippen molar-refractivity contribution in [1.29, 1.82) is 0 Å². The highest BCUT2D eigenvalue weighted by Crippen LogP contribution is 2.38. The number of hydrogen-bond acceptors (Lipinski definition) is 4. The van der Waals surface area contributed by atoms with Crippen molar-refractivity contribution >= 4 is 0 Å². The van der Waals surface area contributed by atoms with Crippen molar-refractivity contribution in [3.05, 3.63) is 83.7 Å². The van der Waals surface area contributed by atoms with E-state index in [0.717, 1.165) is 41.3 Å². The summed E-state index contributed by atoms with van der Waals surface area (Å²) in [7, 11) is 2.16. The van der Waals surface area contributed by atoms with Gasteiger partial charge in [-0.2, -0.15) is 10.2 Å². The molecule has 0 saturated heterocycles. The number of nitrogens with zero attached hydrogens (tertiary/aromatic N) is 3. The molecule has 0 amide bonds. The molecule has 1 atom stereocenters. The molecule has 3 aliphatic rings. The van der Waals surface area contributed by atoms with Gasteiger partial charge in [-0.25, -0.2) is 0 Å². The standard InChI is InChI=1S/C22H19N3O/c1-25-13-11-15-7-8-17(19-5-3-12-23-24-19)14-18(15)22(25)21-10-9-16-4-2-6-20(16)26-21/h2-10,12,14,22H,11,13H2,1H3. The van der Waals surface area contributed by atoms with Gasteiger partial charge >= 0.3 is 0 Å². The summed E-state index contributed by atoms with van der Waals surface area (Å²) in [4.78, 5) is 2.36. The van der Waals surface area contributed by atoms with Gasteiger partial charge in [0.05, 0.1) is 11.7 Å². The van der Waals surface area contributed by atoms with E-state index in [2.05, 4.69) is 58.5 Å². The van der Waals surface area contributed by atoms with E-state index >= 15 is 0 Å². The molecule has 2 aromatic rings. The van der Waals surface area contributed by atoms with Crippen LogP contribution < -0.4 is 0 Å². The van der Waals surface area contributed by atoms with Gasteiger partial charge in [0.25, 0.3) is 0 Å². The first kappa shape index (κ1) is 15.3. The van der Waals surface area contributed by atoms with Crippen LogP contribution in [-0.2, 0) is 6.42 Å². The van der Waals surface area contributed by atoms with Crippen molar-refractivity contribution in [3.8, 4) is 22.6 Å². The Morgan fingerprint density at radius 3 is 2.81 bits per heavy atom. The second kappa shape index (κ2) is 6.07. The normalized spacial score (nSPS) is 17.3. The zero-order chi connectivity index (χ0) is 17.5. The van der Waals surface area contributed by atoms with E-state index in [-0.39, 0.29) is 6.04 Å². The van der Waals surface area contributed by atoms with Crippen molar-refractivity contribution < 1.29 is 4.42 Å². The molecule has 0 N–H and O–H groups in total. The summed E-state index contributed by atoms with van der Waals surface area (Å²) in [6.45, 7) is 1.01. The maximum atomic E-state index is 6.24. The highest BCUT2D eigenvalue weighted by Gasteiger charge is 2.29. The molecule has 26 heavy (non-hydrogen) atoms. The highest BCUT2D eigenvalue weighted by atomic mass is 16.3. The Labute approximate surface area is 152 Å². The van der Waals surface area contributed by atoms with Crippen molar-refractivity contribution in [2.75, 3.05) is 13.6 Å². The first-order valence-electron chi connectivity index (χ1n) is 8.89. The van der Waals surface area contributed by atoms with Crippen LogP contribution in [0.1, 0.15) is 22.9 Å². The van der Waals surface area contributed by atoms with Gasteiger partial charge in [0.2, 0.25) is 0 Å². The van der Waals surface area contributed by atoms with Gasteiger partial charge in [-0.15, -0.1) is 0 Å². The van der Waals surface area contributed by atoms with Gasteiger partial charge in [0.15, 0.2) is 0 Å². The van der Waals surface area contributed by atoms with Gasteiger partial charge < -0.3 is 4.42 Å². The van der Waals surface area contributed by atoms with Gasteiger partial charge in [0.1, 0.15) is 11.5 Å². The molecule has 0 fully saturated rings. The zero-order valence-electron chi connectivity index (χ0n) is 14.6. The third-order valence-corrected chi connectivity index (χ3v) is 5.22. The highest BCUT2D eigenvalue weighted by molar-refractivity contribution is 5.63. The fourth-order valence-electron chi connectivity index (χ4n) is 3.85. The van der Waals surface area contributed by atoms with Crippen LogP contribution in [0.5, 0.6) is 0 Å². The van der Waals surface area contributed by atoms with Crippen LogP contribution in [0.2, 0.25) is 0 Å². The van der Waals surface area contributed by atoms with Crippen molar-refractivity contribution in [2.24, 2.45) is 0 Å². The average Bonchev–Trinajstić information content (AvgIpc) is 3.16. The summed E-state index contributed by atoms with van der Waals surface area (Å²) in [5.74, 6) is 1.91. The van der Waals surface area contributed by atoms with E-state index in [1.807, 2.05) is 24.3 Å². The lowest BCUT2D eigenvalue weighted by Crippen LogP contribution is -2.32. The van der Waals surface area contributed by atoms with Crippen molar-refractivity contribution in [3.63, 3.8) is 0 Å². The Balaban J connectivity index is 1.64. The van der Waals surface area contributed by atoms with Crippen LogP contribution >= 0.6 is 0 Å². The number of benzene rings is 1. The molecule has 5 rings (SSSR count). The number of aromatic nitrogens is 2. The fourth-order valence-corrected chi connectivity index (χ4v) is 3.85. The third kappa shape index (κ3) is 2.50. The monoisotopic (exact) mass is 341 g/mol. The minimum Gasteiger partial charge on any atom is -0.459 e. The molecule has 0 spiro atoms. The second-order valence-electron chi connectivity index (χ2n) is 6.84. The molecule has 4 heteroatoms. The Morgan fingerprint density at radius 2 is 1.92 bits per heavy atom. The summed E-state index contributed by atoms with van der Waals surface area (Å²) in [5, 5.41) is 8.28. The lowest BCUT2D eigenvalue weighted by atomic mass is 9.89. The molecule has 128 valence electrons. The maximum Gasteiger partial charge on any atom is 0.134 e. The summed E-state index contributed by atoms with van der Waals surface area (Å²) in [6, 6.07) is 21.0. The number of rotatable bonds is 2. The molecule has 1 aromatic heterocycles. The molecule has 1 aromatic carbocycles. The Kier molecular flexibility index (Phi) is 3.57. The van der Waals surface area contributed by atoms with Gasteiger partial charge in [0, 0.05) is 23.9 Å². The van der Waals surface area contributed by atoms with Crippen LogP contribution in [0.15, 0.2) is 71.3 Å². The quantitative estimate of drug-likeness (QED) is 0.541. The predicted octanol–water partition coefficient (Wildman–Crippen LogP) is 4.42. The minimum absolute atomic E-state index is 0.106. The fraction of sp³-hybridized carbons (Fsp3) is 0.182. The maximum absolute atomic E-state index is 6.24. The SMILES string of the molecule is CN1CCc2ccc(-c3cccnn3)cc2C1c1ccc2cccc-2o1. The van der Waals surface area contributed by atoms with E-state index in [0.29, 0.717) is 0 Å². The number of fused-ring (bicyclic) bond motifs is 2. The molecule has 0 bridgehead atoms.